The van der Waals surface area contributed by atoms with Gasteiger partial charge in [0.05, 0.1) is 12.3 Å². The van der Waals surface area contributed by atoms with E-state index in [1.165, 1.54) is 41.6 Å². The lowest BCUT2D eigenvalue weighted by atomic mass is 10.0. The van der Waals surface area contributed by atoms with Gasteiger partial charge in [0.15, 0.2) is 0 Å². The zero-order chi connectivity index (χ0) is 15.9. The maximum Gasteiger partial charge on any atom is 0.122 e. The fourth-order valence-corrected chi connectivity index (χ4v) is 2.76. The first-order valence-electron chi connectivity index (χ1n) is 8.29. The third-order valence-corrected chi connectivity index (χ3v) is 4.41. The number of ether oxygens (including phenoxy) is 1. The van der Waals surface area contributed by atoms with Crippen molar-refractivity contribution < 1.29 is 4.74 Å². The fourth-order valence-electron chi connectivity index (χ4n) is 2.76. The summed E-state index contributed by atoms with van der Waals surface area (Å²) in [6.45, 7) is 9.25. The first kappa shape index (κ1) is 19.6. The number of hydrogen-bond acceptors (Lipinski definition) is 2. The van der Waals surface area contributed by atoms with Gasteiger partial charge in [0.25, 0.3) is 0 Å². The number of halogens is 1. The van der Waals surface area contributed by atoms with Gasteiger partial charge in [0, 0.05) is 5.69 Å². The molecule has 0 fully saturated rings. The number of aromatic nitrogens is 2. The summed E-state index contributed by atoms with van der Waals surface area (Å²) in [7, 11) is 0. The molecule has 0 saturated carbocycles. The highest BCUT2D eigenvalue weighted by atomic mass is 35.5. The van der Waals surface area contributed by atoms with E-state index in [1.807, 2.05) is 0 Å². The first-order valence-corrected chi connectivity index (χ1v) is 8.29. The second-order valence-electron chi connectivity index (χ2n) is 6.12. The van der Waals surface area contributed by atoms with Crippen LogP contribution in [0.4, 0.5) is 0 Å². The van der Waals surface area contributed by atoms with Crippen LogP contribution in [0.25, 0.3) is 0 Å². The number of aryl methyl sites for hydroxylation is 3. The van der Waals surface area contributed by atoms with Crippen LogP contribution in [0.15, 0.2) is 18.2 Å². The maximum atomic E-state index is 5.89. The van der Waals surface area contributed by atoms with Gasteiger partial charge in [-0.3, -0.25) is 5.10 Å². The summed E-state index contributed by atoms with van der Waals surface area (Å²) < 4.78 is 5.89. The van der Waals surface area contributed by atoms with Crippen molar-refractivity contribution in [1.29, 1.82) is 0 Å². The molecule has 2 rings (SSSR count). The zero-order valence-electron chi connectivity index (χ0n) is 14.7. The largest absolute Gasteiger partial charge is 0.493 e. The van der Waals surface area contributed by atoms with Gasteiger partial charge in [-0.05, 0) is 69.7 Å². The minimum atomic E-state index is 0. The summed E-state index contributed by atoms with van der Waals surface area (Å²) >= 11 is 0. The van der Waals surface area contributed by atoms with Crippen LogP contribution in [-0.2, 0) is 6.42 Å². The normalized spacial score (nSPS) is 10.4. The lowest BCUT2D eigenvalue weighted by Crippen LogP contribution is -2.00. The monoisotopic (exact) mass is 336 g/mol. The molecule has 0 atom stereocenters. The number of nitrogens with zero attached hydrogens (tertiary/aromatic N) is 1. The molecule has 1 aromatic heterocycles. The molecule has 3 nitrogen and oxygen atoms in total. The molecule has 23 heavy (non-hydrogen) atoms. The van der Waals surface area contributed by atoms with Gasteiger partial charge in [-0.15, -0.1) is 12.4 Å². The molecule has 4 heteroatoms. The van der Waals surface area contributed by atoms with E-state index in [4.69, 9.17) is 4.74 Å². The molecule has 0 aliphatic heterocycles. The molecule has 0 bridgehead atoms. The van der Waals surface area contributed by atoms with E-state index >= 15 is 0 Å². The first-order chi connectivity index (χ1) is 10.6. The van der Waals surface area contributed by atoms with Gasteiger partial charge < -0.3 is 4.74 Å². The molecule has 0 aliphatic carbocycles. The molecule has 1 heterocycles. The molecule has 0 aliphatic rings. The van der Waals surface area contributed by atoms with Crippen molar-refractivity contribution in [2.45, 2.75) is 59.8 Å². The van der Waals surface area contributed by atoms with Crippen LogP contribution in [0.1, 0.15) is 53.8 Å². The van der Waals surface area contributed by atoms with E-state index in [0.717, 1.165) is 30.9 Å². The third-order valence-electron chi connectivity index (χ3n) is 4.41. The van der Waals surface area contributed by atoms with Gasteiger partial charge in [-0.1, -0.05) is 25.0 Å². The van der Waals surface area contributed by atoms with Crippen molar-refractivity contribution in [3.63, 3.8) is 0 Å². The van der Waals surface area contributed by atoms with Gasteiger partial charge >= 0.3 is 0 Å². The highest BCUT2D eigenvalue weighted by Gasteiger charge is 2.05. The van der Waals surface area contributed by atoms with Crippen LogP contribution in [-0.4, -0.2) is 16.8 Å². The molecule has 0 unspecified atom stereocenters. The molecule has 0 radical (unpaired) electrons. The zero-order valence-corrected chi connectivity index (χ0v) is 15.6. The summed E-state index contributed by atoms with van der Waals surface area (Å²) in [5.74, 6) is 1.03. The van der Waals surface area contributed by atoms with Crippen molar-refractivity contribution in [3.05, 3.63) is 46.3 Å². The van der Waals surface area contributed by atoms with Gasteiger partial charge in [-0.2, -0.15) is 5.10 Å². The Kier molecular flexibility index (Phi) is 8.18. The van der Waals surface area contributed by atoms with Gasteiger partial charge in [0.1, 0.15) is 5.75 Å². The van der Waals surface area contributed by atoms with E-state index < -0.39 is 0 Å². The fraction of sp³-hybridized carbons (Fsp3) is 0.526. The minimum absolute atomic E-state index is 0. The van der Waals surface area contributed by atoms with Crippen LogP contribution in [0.3, 0.4) is 0 Å². The number of nitrogens with one attached hydrogen (secondary N) is 1. The van der Waals surface area contributed by atoms with Crippen molar-refractivity contribution in [1.82, 2.24) is 10.2 Å². The molecule has 1 N–H and O–H groups in total. The second-order valence-corrected chi connectivity index (χ2v) is 6.12. The van der Waals surface area contributed by atoms with Crippen LogP contribution in [0.5, 0.6) is 5.75 Å². The molecule has 128 valence electrons. The Bertz CT molecular complexity index is 588. The van der Waals surface area contributed by atoms with E-state index in [-0.39, 0.29) is 12.4 Å². The summed E-state index contributed by atoms with van der Waals surface area (Å²) in [5.41, 5.74) is 6.31. The predicted octanol–water partition coefficient (Wildman–Crippen LogP) is 5.25. The standard InChI is InChI=1S/C19H28N2O.ClH/c1-14-10-9-12-19(15(14)2)22-13-8-6-5-7-11-18-16(3)20-21-17(18)4;/h9-10,12H,5-8,11,13H2,1-4H3,(H,20,21);1H. The average Bonchev–Trinajstić information content (AvgIpc) is 2.82. The Balaban J connectivity index is 0.00000264. The van der Waals surface area contributed by atoms with E-state index in [1.54, 1.807) is 0 Å². The molecule has 2 aromatic rings. The van der Waals surface area contributed by atoms with Crippen LogP contribution in [0, 0.1) is 27.7 Å². The van der Waals surface area contributed by atoms with Crippen molar-refractivity contribution in [2.75, 3.05) is 6.61 Å². The molecule has 0 spiro atoms. The molecule has 1 aromatic carbocycles. The Morgan fingerprint density at radius 3 is 2.43 bits per heavy atom. The number of hydrogen-bond donors (Lipinski definition) is 1. The van der Waals surface area contributed by atoms with Crippen molar-refractivity contribution in [3.8, 4) is 5.75 Å². The molecular formula is C19H29ClN2O. The average molecular weight is 337 g/mol. The summed E-state index contributed by atoms with van der Waals surface area (Å²) in [4.78, 5) is 0. The highest BCUT2D eigenvalue weighted by Crippen LogP contribution is 2.21. The quantitative estimate of drug-likeness (QED) is 0.669. The topological polar surface area (TPSA) is 37.9 Å². The Hall–Kier alpha value is -1.48. The Labute approximate surface area is 146 Å². The molecular weight excluding hydrogens is 308 g/mol. The minimum Gasteiger partial charge on any atom is -0.493 e. The number of H-pyrrole nitrogens is 1. The van der Waals surface area contributed by atoms with Gasteiger partial charge in [0.2, 0.25) is 0 Å². The van der Waals surface area contributed by atoms with E-state index in [2.05, 4.69) is 56.1 Å². The lowest BCUT2D eigenvalue weighted by molar-refractivity contribution is 0.302. The summed E-state index contributed by atoms with van der Waals surface area (Å²) in [5, 5.41) is 7.30. The van der Waals surface area contributed by atoms with Gasteiger partial charge in [-0.25, -0.2) is 0 Å². The highest BCUT2D eigenvalue weighted by molar-refractivity contribution is 5.85. The number of unbranched alkanes of at least 4 members (excludes halogenated alkanes) is 3. The summed E-state index contributed by atoms with van der Waals surface area (Å²) in [6.07, 6.45) is 5.95. The van der Waals surface area contributed by atoms with E-state index in [9.17, 15) is 0 Å². The van der Waals surface area contributed by atoms with Crippen molar-refractivity contribution >= 4 is 12.4 Å². The van der Waals surface area contributed by atoms with Crippen LogP contribution < -0.4 is 4.74 Å². The maximum absolute atomic E-state index is 5.89. The molecule has 0 amide bonds. The van der Waals surface area contributed by atoms with Crippen LogP contribution >= 0.6 is 12.4 Å². The predicted molar refractivity (Wildman–Crippen MR) is 98.9 cm³/mol. The second kappa shape index (κ2) is 9.61. The summed E-state index contributed by atoms with van der Waals surface area (Å²) in [6, 6.07) is 6.25. The Morgan fingerprint density at radius 2 is 1.74 bits per heavy atom. The smallest absolute Gasteiger partial charge is 0.122 e. The van der Waals surface area contributed by atoms with Crippen molar-refractivity contribution in [2.24, 2.45) is 0 Å². The SMILES string of the molecule is Cc1cccc(OCCCCCCc2c(C)n[nH]c2C)c1C.Cl. The van der Waals surface area contributed by atoms with Crippen LogP contribution in [0.2, 0.25) is 0 Å². The molecule has 0 saturated heterocycles. The number of aromatic amines is 1. The Morgan fingerprint density at radius 1 is 1.00 bits per heavy atom. The van der Waals surface area contributed by atoms with E-state index in [0.29, 0.717) is 0 Å². The third kappa shape index (κ3) is 5.58. The number of benzene rings is 1. The number of rotatable bonds is 8. The lowest BCUT2D eigenvalue weighted by Gasteiger charge is -2.10.